The van der Waals surface area contributed by atoms with Gasteiger partial charge in [-0.25, -0.2) is 0 Å². The van der Waals surface area contributed by atoms with E-state index in [0.29, 0.717) is 0 Å². The van der Waals surface area contributed by atoms with Gasteiger partial charge in [0, 0.05) is 24.5 Å². The summed E-state index contributed by atoms with van der Waals surface area (Å²) in [6.07, 6.45) is 0.897. The number of benzene rings is 1. The van der Waals surface area contributed by atoms with Crippen LogP contribution in [-0.2, 0) is 4.79 Å². The van der Waals surface area contributed by atoms with Gasteiger partial charge in [0.2, 0.25) is 5.91 Å². The highest BCUT2D eigenvalue weighted by Gasteiger charge is 2.20. The first-order valence-electron chi connectivity index (χ1n) is 7.86. The highest BCUT2D eigenvalue weighted by molar-refractivity contribution is 5.95. The lowest BCUT2D eigenvalue weighted by Crippen LogP contribution is -2.40. The lowest BCUT2D eigenvalue weighted by molar-refractivity contribution is -0.118. The van der Waals surface area contributed by atoms with E-state index >= 15 is 0 Å². The zero-order chi connectivity index (χ0) is 16.0. The average molecular weight is 291 g/mol. The molecule has 0 bridgehead atoms. The molecule has 21 heavy (non-hydrogen) atoms. The first-order valence-corrected chi connectivity index (χ1v) is 7.86. The predicted octanol–water partition coefficient (Wildman–Crippen LogP) is 3.15. The fourth-order valence-electron chi connectivity index (χ4n) is 2.30. The zero-order valence-corrected chi connectivity index (χ0v) is 13.9. The van der Waals surface area contributed by atoms with E-state index in [0.717, 1.165) is 30.8 Å². The summed E-state index contributed by atoms with van der Waals surface area (Å²) in [5, 5.41) is 2.94. The Kier molecular flexibility index (Phi) is 6.69. The summed E-state index contributed by atoms with van der Waals surface area (Å²) in [7, 11) is 0. The Hall–Kier alpha value is -1.55. The Labute approximate surface area is 128 Å². The molecule has 0 aliphatic carbocycles. The van der Waals surface area contributed by atoms with Gasteiger partial charge in [0.05, 0.1) is 6.04 Å². The van der Waals surface area contributed by atoms with Gasteiger partial charge in [-0.2, -0.15) is 0 Å². The van der Waals surface area contributed by atoms with Crippen LogP contribution in [0.3, 0.4) is 0 Å². The number of hydrogen-bond donors (Lipinski definition) is 2. The fourth-order valence-corrected chi connectivity index (χ4v) is 2.30. The van der Waals surface area contributed by atoms with E-state index < -0.39 is 6.04 Å². The topological polar surface area (TPSA) is 58.4 Å². The van der Waals surface area contributed by atoms with E-state index in [1.807, 2.05) is 32.9 Å². The van der Waals surface area contributed by atoms with Crippen LogP contribution in [0, 0.1) is 12.8 Å². The van der Waals surface area contributed by atoms with Crippen LogP contribution in [0.4, 0.5) is 11.4 Å². The van der Waals surface area contributed by atoms with Crippen molar-refractivity contribution in [3.05, 3.63) is 23.8 Å². The Morgan fingerprint density at radius 1 is 1.29 bits per heavy atom. The maximum Gasteiger partial charge on any atom is 0.241 e. The molecule has 118 valence electrons. The van der Waals surface area contributed by atoms with Crippen molar-refractivity contribution in [2.45, 2.75) is 47.1 Å². The van der Waals surface area contributed by atoms with Crippen molar-refractivity contribution >= 4 is 17.3 Å². The molecule has 1 aromatic carbocycles. The normalized spacial score (nSPS) is 13.6. The minimum Gasteiger partial charge on any atom is -0.372 e. The second kappa shape index (κ2) is 8.03. The Bertz CT molecular complexity index is 469. The molecule has 4 nitrogen and oxygen atoms in total. The van der Waals surface area contributed by atoms with E-state index in [9.17, 15) is 4.79 Å². The van der Waals surface area contributed by atoms with E-state index in [4.69, 9.17) is 5.73 Å². The molecule has 0 radical (unpaired) electrons. The quantitative estimate of drug-likeness (QED) is 0.811. The third kappa shape index (κ3) is 4.46. The predicted molar refractivity (Wildman–Crippen MR) is 90.8 cm³/mol. The molecule has 0 saturated heterocycles. The lowest BCUT2D eigenvalue weighted by Gasteiger charge is -2.23. The van der Waals surface area contributed by atoms with Crippen molar-refractivity contribution in [1.29, 1.82) is 0 Å². The van der Waals surface area contributed by atoms with E-state index in [2.05, 4.69) is 30.1 Å². The summed E-state index contributed by atoms with van der Waals surface area (Å²) in [6.45, 7) is 12.3. The van der Waals surface area contributed by atoms with Crippen LogP contribution in [0.2, 0.25) is 0 Å². The molecule has 2 atom stereocenters. The molecule has 0 spiro atoms. The van der Waals surface area contributed by atoms with Crippen molar-refractivity contribution in [3.8, 4) is 0 Å². The number of nitrogens with two attached hydrogens (primary N) is 1. The number of aryl methyl sites for hydroxylation is 1. The molecule has 0 aliphatic rings. The van der Waals surface area contributed by atoms with Gasteiger partial charge in [-0.15, -0.1) is 0 Å². The van der Waals surface area contributed by atoms with Gasteiger partial charge in [0.15, 0.2) is 0 Å². The summed E-state index contributed by atoms with van der Waals surface area (Å²) in [4.78, 5) is 14.4. The number of carbonyl (C=O) groups excluding carboxylic acids is 1. The summed E-state index contributed by atoms with van der Waals surface area (Å²) in [6, 6.07) is 5.66. The molecule has 0 aromatic heterocycles. The van der Waals surface area contributed by atoms with Gasteiger partial charge in [0.1, 0.15) is 0 Å². The smallest absolute Gasteiger partial charge is 0.241 e. The molecular weight excluding hydrogens is 262 g/mol. The van der Waals surface area contributed by atoms with Crippen LogP contribution in [0.5, 0.6) is 0 Å². The Morgan fingerprint density at radius 3 is 2.38 bits per heavy atom. The number of nitrogens with zero attached hydrogens (tertiary/aromatic N) is 1. The molecule has 1 rings (SSSR count). The molecule has 0 fully saturated rings. The van der Waals surface area contributed by atoms with Gasteiger partial charge in [-0.1, -0.05) is 20.3 Å². The monoisotopic (exact) mass is 291 g/mol. The van der Waals surface area contributed by atoms with Gasteiger partial charge >= 0.3 is 0 Å². The first kappa shape index (κ1) is 17.5. The Morgan fingerprint density at radius 2 is 1.90 bits per heavy atom. The minimum atomic E-state index is -0.461. The molecule has 1 aromatic rings. The maximum absolute atomic E-state index is 12.1. The first-order chi connectivity index (χ1) is 9.94. The molecule has 0 saturated carbocycles. The van der Waals surface area contributed by atoms with E-state index in [1.165, 1.54) is 5.69 Å². The maximum atomic E-state index is 12.1. The number of carbonyl (C=O) groups is 1. The second-order valence-corrected chi connectivity index (χ2v) is 5.57. The fraction of sp³-hybridized carbons (Fsp3) is 0.588. The third-order valence-electron chi connectivity index (χ3n) is 4.16. The summed E-state index contributed by atoms with van der Waals surface area (Å²) in [5.41, 5.74) is 9.05. The highest BCUT2D eigenvalue weighted by Crippen LogP contribution is 2.23. The van der Waals surface area contributed by atoms with Crippen molar-refractivity contribution in [1.82, 2.24) is 0 Å². The van der Waals surface area contributed by atoms with Crippen LogP contribution in [0.25, 0.3) is 0 Å². The average Bonchev–Trinajstić information content (AvgIpc) is 2.49. The van der Waals surface area contributed by atoms with E-state index in [1.54, 1.807) is 0 Å². The molecule has 0 heterocycles. The van der Waals surface area contributed by atoms with Crippen molar-refractivity contribution in [3.63, 3.8) is 0 Å². The molecule has 4 heteroatoms. The second-order valence-electron chi connectivity index (χ2n) is 5.57. The van der Waals surface area contributed by atoms with Crippen LogP contribution < -0.4 is 16.0 Å². The molecule has 1 amide bonds. The van der Waals surface area contributed by atoms with Crippen molar-refractivity contribution < 1.29 is 4.79 Å². The van der Waals surface area contributed by atoms with Crippen LogP contribution in [0.1, 0.15) is 39.7 Å². The number of nitrogens with one attached hydrogen (secondary N) is 1. The molecule has 0 aliphatic heterocycles. The number of hydrogen-bond acceptors (Lipinski definition) is 3. The van der Waals surface area contributed by atoms with Gasteiger partial charge < -0.3 is 16.0 Å². The lowest BCUT2D eigenvalue weighted by atomic mass is 9.99. The molecular formula is C17H29N3O. The van der Waals surface area contributed by atoms with Gasteiger partial charge in [0.25, 0.3) is 0 Å². The van der Waals surface area contributed by atoms with Gasteiger partial charge in [-0.05, 0) is 50.5 Å². The minimum absolute atomic E-state index is 0.108. The van der Waals surface area contributed by atoms with Crippen molar-refractivity contribution in [2.75, 3.05) is 23.3 Å². The largest absolute Gasteiger partial charge is 0.372 e. The number of amides is 1. The summed E-state index contributed by atoms with van der Waals surface area (Å²) < 4.78 is 0. The van der Waals surface area contributed by atoms with Crippen molar-refractivity contribution in [2.24, 2.45) is 11.7 Å². The SMILES string of the molecule is CCC(C)[C@H](N)C(=O)Nc1ccc(N(CC)CC)cc1C. The summed E-state index contributed by atoms with van der Waals surface area (Å²) in [5.74, 6) is 0.0725. The summed E-state index contributed by atoms with van der Waals surface area (Å²) >= 11 is 0. The van der Waals surface area contributed by atoms with Crippen LogP contribution in [0.15, 0.2) is 18.2 Å². The number of anilines is 2. The standard InChI is InChI=1S/C17H29N3O/c1-6-12(4)16(18)17(21)19-15-10-9-14(11-13(15)5)20(7-2)8-3/h9-12,16H,6-8,18H2,1-5H3,(H,19,21)/t12?,16-/m0/s1. The van der Waals surface area contributed by atoms with Crippen LogP contribution >= 0.6 is 0 Å². The third-order valence-corrected chi connectivity index (χ3v) is 4.16. The zero-order valence-electron chi connectivity index (χ0n) is 13.9. The number of rotatable bonds is 7. The van der Waals surface area contributed by atoms with Gasteiger partial charge in [-0.3, -0.25) is 4.79 Å². The van der Waals surface area contributed by atoms with E-state index in [-0.39, 0.29) is 11.8 Å². The molecule has 3 N–H and O–H groups in total. The highest BCUT2D eigenvalue weighted by atomic mass is 16.2. The Balaban J connectivity index is 2.84. The molecule has 1 unspecified atom stereocenters. The van der Waals surface area contributed by atoms with Crippen LogP contribution in [-0.4, -0.2) is 25.0 Å².